The molecule has 0 spiro atoms. The summed E-state index contributed by atoms with van der Waals surface area (Å²) in [5, 5.41) is 6.93. The highest BCUT2D eigenvalue weighted by Gasteiger charge is 2.24. The van der Waals surface area contributed by atoms with Gasteiger partial charge in [0.1, 0.15) is 5.01 Å². The summed E-state index contributed by atoms with van der Waals surface area (Å²) in [6, 6.07) is 4.58. The third kappa shape index (κ3) is 3.67. The molecule has 0 amide bonds. The van der Waals surface area contributed by atoms with Gasteiger partial charge in [-0.15, -0.1) is 11.3 Å². The zero-order valence-corrected chi connectivity index (χ0v) is 13.3. The van der Waals surface area contributed by atoms with E-state index in [1.54, 1.807) is 11.3 Å². The summed E-state index contributed by atoms with van der Waals surface area (Å²) in [5.74, 6) is 0. The predicted molar refractivity (Wildman–Crippen MR) is 86.4 cm³/mol. The second kappa shape index (κ2) is 7.11. The van der Waals surface area contributed by atoms with E-state index in [1.807, 2.05) is 18.5 Å². The normalized spacial score (nSPS) is 19.8. The van der Waals surface area contributed by atoms with Crippen LogP contribution in [0.5, 0.6) is 0 Å². The Morgan fingerprint density at radius 3 is 3.24 bits per heavy atom. The monoisotopic (exact) mass is 302 g/mol. The molecular formula is C16H22N4S. The number of nitrogens with one attached hydrogen (secondary N) is 1. The number of rotatable bonds is 5. The van der Waals surface area contributed by atoms with Crippen molar-refractivity contribution < 1.29 is 0 Å². The van der Waals surface area contributed by atoms with Gasteiger partial charge in [0, 0.05) is 43.4 Å². The average molecular weight is 302 g/mol. The van der Waals surface area contributed by atoms with Gasteiger partial charge in [-0.2, -0.15) is 0 Å². The number of nitrogens with zero attached hydrogens (tertiary/aromatic N) is 3. The number of hydrogen-bond donors (Lipinski definition) is 1. The number of aromatic nitrogens is 2. The maximum absolute atomic E-state index is 4.76. The second-order valence-corrected chi connectivity index (χ2v) is 6.40. The molecule has 1 atom stereocenters. The fourth-order valence-corrected chi connectivity index (χ4v) is 3.66. The molecule has 1 unspecified atom stereocenters. The fraction of sp³-hybridized carbons (Fsp3) is 0.500. The quantitative estimate of drug-likeness (QED) is 0.922. The molecule has 0 bridgehead atoms. The van der Waals surface area contributed by atoms with E-state index in [0.717, 1.165) is 39.0 Å². The topological polar surface area (TPSA) is 41.0 Å². The predicted octanol–water partition coefficient (Wildman–Crippen LogP) is 2.64. The zero-order valence-electron chi connectivity index (χ0n) is 12.5. The van der Waals surface area contributed by atoms with Crippen LogP contribution in [0.2, 0.25) is 0 Å². The van der Waals surface area contributed by atoms with Crippen molar-refractivity contribution in [3.8, 4) is 0 Å². The lowest BCUT2D eigenvalue weighted by atomic mass is 10.1. The minimum Gasteiger partial charge on any atom is -0.314 e. The molecule has 3 heterocycles. The van der Waals surface area contributed by atoms with Crippen LogP contribution in [0.3, 0.4) is 0 Å². The molecule has 2 aromatic rings. The molecule has 1 aliphatic rings. The second-order valence-electron chi connectivity index (χ2n) is 5.46. The van der Waals surface area contributed by atoms with Gasteiger partial charge < -0.3 is 5.32 Å². The number of pyridine rings is 1. The number of thiazole rings is 1. The number of piperazine rings is 1. The SMILES string of the molecule is CCCc1csc(CN2CCNCC2c2cccnc2)n1. The van der Waals surface area contributed by atoms with Crippen molar-refractivity contribution in [1.82, 2.24) is 20.2 Å². The first-order valence-electron chi connectivity index (χ1n) is 7.65. The highest BCUT2D eigenvalue weighted by molar-refractivity contribution is 7.09. The Bertz CT molecular complexity index is 554. The zero-order chi connectivity index (χ0) is 14.5. The van der Waals surface area contributed by atoms with Crippen molar-refractivity contribution in [2.75, 3.05) is 19.6 Å². The largest absolute Gasteiger partial charge is 0.314 e. The Morgan fingerprint density at radius 2 is 2.43 bits per heavy atom. The first kappa shape index (κ1) is 14.6. The van der Waals surface area contributed by atoms with Crippen LogP contribution in [0.1, 0.15) is 35.7 Å². The molecule has 2 aromatic heterocycles. The van der Waals surface area contributed by atoms with E-state index in [4.69, 9.17) is 4.98 Å². The van der Waals surface area contributed by atoms with Gasteiger partial charge in [-0.1, -0.05) is 19.4 Å². The van der Waals surface area contributed by atoms with E-state index in [1.165, 1.54) is 16.3 Å². The molecule has 5 heteroatoms. The van der Waals surface area contributed by atoms with Gasteiger partial charge >= 0.3 is 0 Å². The summed E-state index contributed by atoms with van der Waals surface area (Å²) in [6.45, 7) is 6.23. The Balaban J connectivity index is 1.72. The van der Waals surface area contributed by atoms with Crippen LogP contribution in [0.4, 0.5) is 0 Å². The molecule has 21 heavy (non-hydrogen) atoms. The van der Waals surface area contributed by atoms with Crippen molar-refractivity contribution in [2.45, 2.75) is 32.4 Å². The van der Waals surface area contributed by atoms with E-state index >= 15 is 0 Å². The lowest BCUT2D eigenvalue weighted by Crippen LogP contribution is -2.45. The Kier molecular flexibility index (Phi) is 4.95. The molecule has 112 valence electrons. The van der Waals surface area contributed by atoms with Crippen molar-refractivity contribution in [1.29, 1.82) is 0 Å². The van der Waals surface area contributed by atoms with Gasteiger partial charge in [0.05, 0.1) is 12.2 Å². The van der Waals surface area contributed by atoms with Gasteiger partial charge in [-0.3, -0.25) is 9.88 Å². The van der Waals surface area contributed by atoms with E-state index in [2.05, 4.69) is 33.6 Å². The molecule has 1 aliphatic heterocycles. The van der Waals surface area contributed by atoms with Crippen LogP contribution >= 0.6 is 11.3 Å². The van der Waals surface area contributed by atoms with Crippen LogP contribution in [-0.4, -0.2) is 34.5 Å². The molecule has 0 aliphatic carbocycles. The average Bonchev–Trinajstić information content (AvgIpc) is 2.96. The molecule has 1 fully saturated rings. The highest BCUT2D eigenvalue weighted by Crippen LogP contribution is 2.24. The smallest absolute Gasteiger partial charge is 0.107 e. The van der Waals surface area contributed by atoms with Crippen LogP contribution < -0.4 is 5.32 Å². The minimum absolute atomic E-state index is 0.394. The lowest BCUT2D eigenvalue weighted by Gasteiger charge is -2.35. The Morgan fingerprint density at radius 1 is 1.48 bits per heavy atom. The first-order chi connectivity index (χ1) is 10.4. The summed E-state index contributed by atoms with van der Waals surface area (Å²) in [4.78, 5) is 11.5. The van der Waals surface area contributed by atoms with E-state index in [-0.39, 0.29) is 0 Å². The lowest BCUT2D eigenvalue weighted by molar-refractivity contribution is 0.153. The first-order valence-corrected chi connectivity index (χ1v) is 8.52. The van der Waals surface area contributed by atoms with E-state index in [0.29, 0.717) is 6.04 Å². The standard InChI is InChI=1S/C16H22N4S/c1-2-4-14-12-21-16(19-14)11-20-8-7-18-10-15(20)13-5-3-6-17-9-13/h3,5-6,9,12,15,18H,2,4,7-8,10-11H2,1H3. The van der Waals surface area contributed by atoms with Gasteiger partial charge in [-0.25, -0.2) is 4.98 Å². The minimum atomic E-state index is 0.394. The molecule has 1 N–H and O–H groups in total. The van der Waals surface area contributed by atoms with Gasteiger partial charge in [0.2, 0.25) is 0 Å². The third-order valence-corrected chi connectivity index (χ3v) is 4.75. The summed E-state index contributed by atoms with van der Waals surface area (Å²) in [5.41, 5.74) is 2.53. The van der Waals surface area contributed by atoms with Crippen molar-refractivity contribution in [3.05, 3.63) is 46.2 Å². The van der Waals surface area contributed by atoms with Crippen LogP contribution in [0.25, 0.3) is 0 Å². The maximum atomic E-state index is 4.76. The number of hydrogen-bond acceptors (Lipinski definition) is 5. The van der Waals surface area contributed by atoms with Gasteiger partial charge in [-0.05, 0) is 18.1 Å². The fourth-order valence-electron chi connectivity index (χ4n) is 2.80. The van der Waals surface area contributed by atoms with Crippen molar-refractivity contribution >= 4 is 11.3 Å². The maximum Gasteiger partial charge on any atom is 0.107 e. The highest BCUT2D eigenvalue weighted by atomic mass is 32.1. The molecule has 0 radical (unpaired) electrons. The Labute approximate surface area is 130 Å². The molecule has 1 saturated heterocycles. The molecule has 0 saturated carbocycles. The van der Waals surface area contributed by atoms with Gasteiger partial charge in [0.25, 0.3) is 0 Å². The Hall–Kier alpha value is -1.30. The van der Waals surface area contributed by atoms with Crippen LogP contribution in [0.15, 0.2) is 29.9 Å². The van der Waals surface area contributed by atoms with Crippen molar-refractivity contribution in [2.24, 2.45) is 0 Å². The van der Waals surface area contributed by atoms with Crippen LogP contribution in [-0.2, 0) is 13.0 Å². The molecule has 3 rings (SSSR count). The summed E-state index contributed by atoms with van der Waals surface area (Å²) < 4.78 is 0. The molecule has 4 nitrogen and oxygen atoms in total. The molecule has 0 aromatic carbocycles. The summed E-state index contributed by atoms with van der Waals surface area (Å²) >= 11 is 1.79. The number of aryl methyl sites for hydroxylation is 1. The summed E-state index contributed by atoms with van der Waals surface area (Å²) in [6.07, 6.45) is 6.07. The van der Waals surface area contributed by atoms with E-state index in [9.17, 15) is 0 Å². The summed E-state index contributed by atoms with van der Waals surface area (Å²) in [7, 11) is 0. The molecular weight excluding hydrogens is 280 g/mol. The third-order valence-electron chi connectivity index (χ3n) is 3.87. The van der Waals surface area contributed by atoms with Crippen LogP contribution in [0, 0.1) is 0 Å². The van der Waals surface area contributed by atoms with Crippen molar-refractivity contribution in [3.63, 3.8) is 0 Å². The van der Waals surface area contributed by atoms with Gasteiger partial charge in [0.15, 0.2) is 0 Å². The van der Waals surface area contributed by atoms with E-state index < -0.39 is 0 Å².